The Morgan fingerprint density at radius 2 is 2.06 bits per heavy atom. The average molecular weight is 226 g/mol. The quantitative estimate of drug-likeness (QED) is 0.774. The van der Waals surface area contributed by atoms with E-state index in [4.69, 9.17) is 19.3 Å². The lowest BCUT2D eigenvalue weighted by Crippen LogP contribution is -2.05. The fourth-order valence-electron chi connectivity index (χ4n) is 1.37. The third-order valence-electron chi connectivity index (χ3n) is 2.05. The summed E-state index contributed by atoms with van der Waals surface area (Å²) in [5, 5.41) is 9.00. The molecular formula is C11H14O5. The average Bonchev–Trinajstić information content (AvgIpc) is 2.24. The van der Waals surface area contributed by atoms with Crippen LogP contribution in [0.2, 0.25) is 0 Å². The van der Waals surface area contributed by atoms with E-state index in [9.17, 15) is 4.79 Å². The first kappa shape index (κ1) is 12.3. The predicted octanol–water partition coefficient (Wildman–Crippen LogP) is 1.68. The first-order valence-electron chi connectivity index (χ1n) is 4.63. The fourth-order valence-corrected chi connectivity index (χ4v) is 1.37. The van der Waals surface area contributed by atoms with E-state index in [2.05, 4.69) is 0 Å². The van der Waals surface area contributed by atoms with E-state index in [1.165, 1.54) is 20.3 Å². The van der Waals surface area contributed by atoms with Gasteiger partial charge in [-0.05, 0) is 18.6 Å². The molecule has 5 nitrogen and oxygen atoms in total. The van der Waals surface area contributed by atoms with Gasteiger partial charge in [0.2, 0.25) is 0 Å². The molecule has 0 fully saturated rings. The van der Waals surface area contributed by atoms with Gasteiger partial charge in [-0.15, -0.1) is 0 Å². The maximum absolute atomic E-state index is 11.0. The van der Waals surface area contributed by atoms with Gasteiger partial charge in [0, 0.05) is 13.2 Å². The highest BCUT2D eigenvalue weighted by Crippen LogP contribution is 2.28. The molecule has 0 aliphatic carbocycles. The lowest BCUT2D eigenvalue weighted by Gasteiger charge is -2.11. The normalized spacial score (nSPS) is 9.94. The molecule has 1 aromatic carbocycles. The SMILES string of the molecule is COCOc1cc(C)c(C(=O)O)c(OC)c1. The summed E-state index contributed by atoms with van der Waals surface area (Å²) in [6.07, 6.45) is 0. The van der Waals surface area contributed by atoms with E-state index in [1.807, 2.05) is 0 Å². The smallest absolute Gasteiger partial charge is 0.339 e. The Labute approximate surface area is 93.6 Å². The number of carboxylic acid groups (broad SMARTS) is 1. The van der Waals surface area contributed by atoms with Crippen LogP contribution < -0.4 is 9.47 Å². The van der Waals surface area contributed by atoms with E-state index in [-0.39, 0.29) is 18.1 Å². The van der Waals surface area contributed by atoms with Gasteiger partial charge in [0.25, 0.3) is 0 Å². The van der Waals surface area contributed by atoms with E-state index >= 15 is 0 Å². The van der Waals surface area contributed by atoms with E-state index in [0.717, 1.165) is 0 Å². The van der Waals surface area contributed by atoms with Crippen molar-refractivity contribution >= 4 is 5.97 Å². The van der Waals surface area contributed by atoms with Crippen LogP contribution in [0.3, 0.4) is 0 Å². The van der Waals surface area contributed by atoms with Gasteiger partial charge < -0.3 is 19.3 Å². The second-order valence-electron chi connectivity index (χ2n) is 3.17. The van der Waals surface area contributed by atoms with Crippen LogP contribution in [0.1, 0.15) is 15.9 Å². The summed E-state index contributed by atoms with van der Waals surface area (Å²) in [4.78, 5) is 11.0. The number of hydrogen-bond donors (Lipinski definition) is 1. The number of rotatable bonds is 5. The summed E-state index contributed by atoms with van der Waals surface area (Å²) in [6.45, 7) is 1.79. The fraction of sp³-hybridized carbons (Fsp3) is 0.364. The van der Waals surface area contributed by atoms with Crippen molar-refractivity contribution in [2.75, 3.05) is 21.0 Å². The standard InChI is InChI=1S/C11H14O5/c1-7-4-8(16-6-14-2)5-9(15-3)10(7)11(12)13/h4-5H,6H2,1-3H3,(H,12,13). The maximum Gasteiger partial charge on any atom is 0.339 e. The summed E-state index contributed by atoms with van der Waals surface area (Å²) in [5.74, 6) is -0.229. The second kappa shape index (κ2) is 5.37. The molecular weight excluding hydrogens is 212 g/mol. The van der Waals surface area contributed by atoms with Crippen LogP contribution in [0, 0.1) is 6.92 Å². The van der Waals surface area contributed by atoms with Crippen molar-refractivity contribution in [3.63, 3.8) is 0 Å². The summed E-state index contributed by atoms with van der Waals surface area (Å²) in [6, 6.07) is 3.15. The minimum Gasteiger partial charge on any atom is -0.496 e. The topological polar surface area (TPSA) is 65.0 Å². The third kappa shape index (κ3) is 2.64. The monoisotopic (exact) mass is 226 g/mol. The number of methoxy groups -OCH3 is 2. The minimum absolute atomic E-state index is 0.106. The Morgan fingerprint density at radius 3 is 2.56 bits per heavy atom. The van der Waals surface area contributed by atoms with Crippen LogP contribution in [0.5, 0.6) is 11.5 Å². The van der Waals surface area contributed by atoms with Crippen molar-refractivity contribution in [3.8, 4) is 11.5 Å². The summed E-state index contributed by atoms with van der Waals surface area (Å²) in [5.41, 5.74) is 0.727. The predicted molar refractivity (Wildman–Crippen MR) is 57.2 cm³/mol. The molecule has 0 aromatic heterocycles. The number of aromatic carboxylic acids is 1. The molecule has 5 heteroatoms. The van der Waals surface area contributed by atoms with E-state index < -0.39 is 5.97 Å². The number of carbonyl (C=O) groups is 1. The van der Waals surface area contributed by atoms with Crippen molar-refractivity contribution < 1.29 is 24.1 Å². The highest BCUT2D eigenvalue weighted by atomic mass is 16.7. The molecule has 0 heterocycles. The Kier molecular flexibility index (Phi) is 4.13. The molecule has 0 unspecified atom stereocenters. The Hall–Kier alpha value is -1.75. The lowest BCUT2D eigenvalue weighted by molar-refractivity contribution is 0.0509. The molecule has 16 heavy (non-hydrogen) atoms. The maximum atomic E-state index is 11.0. The molecule has 1 aromatic rings. The van der Waals surface area contributed by atoms with Crippen molar-refractivity contribution in [2.24, 2.45) is 0 Å². The van der Waals surface area contributed by atoms with Gasteiger partial charge in [-0.25, -0.2) is 4.79 Å². The largest absolute Gasteiger partial charge is 0.496 e. The van der Waals surface area contributed by atoms with Crippen LogP contribution in [-0.2, 0) is 4.74 Å². The van der Waals surface area contributed by atoms with Crippen molar-refractivity contribution in [1.82, 2.24) is 0 Å². The second-order valence-corrected chi connectivity index (χ2v) is 3.17. The van der Waals surface area contributed by atoms with Gasteiger partial charge in [-0.2, -0.15) is 0 Å². The Balaban J connectivity index is 3.11. The number of ether oxygens (including phenoxy) is 3. The van der Waals surface area contributed by atoms with Gasteiger partial charge in [0.05, 0.1) is 7.11 Å². The summed E-state index contributed by atoms with van der Waals surface area (Å²) < 4.78 is 15.0. The van der Waals surface area contributed by atoms with Crippen LogP contribution >= 0.6 is 0 Å². The van der Waals surface area contributed by atoms with Crippen molar-refractivity contribution in [2.45, 2.75) is 6.92 Å². The van der Waals surface area contributed by atoms with Gasteiger partial charge in [-0.3, -0.25) is 0 Å². The highest BCUT2D eigenvalue weighted by molar-refractivity contribution is 5.93. The third-order valence-corrected chi connectivity index (χ3v) is 2.05. The highest BCUT2D eigenvalue weighted by Gasteiger charge is 2.15. The molecule has 88 valence electrons. The Morgan fingerprint density at radius 1 is 1.38 bits per heavy atom. The van der Waals surface area contributed by atoms with Crippen LogP contribution in [0.15, 0.2) is 12.1 Å². The molecule has 0 aliphatic rings. The first-order valence-corrected chi connectivity index (χ1v) is 4.63. The molecule has 0 atom stereocenters. The zero-order valence-corrected chi connectivity index (χ0v) is 9.44. The van der Waals surface area contributed by atoms with Crippen molar-refractivity contribution in [3.05, 3.63) is 23.3 Å². The molecule has 0 saturated carbocycles. The van der Waals surface area contributed by atoms with Crippen molar-refractivity contribution in [1.29, 1.82) is 0 Å². The van der Waals surface area contributed by atoms with Gasteiger partial charge in [0.15, 0.2) is 6.79 Å². The number of hydrogen-bond acceptors (Lipinski definition) is 4. The number of aryl methyl sites for hydroxylation is 1. The first-order chi connectivity index (χ1) is 7.60. The minimum atomic E-state index is -1.02. The molecule has 0 bridgehead atoms. The van der Waals surface area contributed by atoms with Crippen LogP contribution in [0.4, 0.5) is 0 Å². The van der Waals surface area contributed by atoms with Crippen LogP contribution in [-0.4, -0.2) is 32.1 Å². The number of benzene rings is 1. The van der Waals surface area contributed by atoms with E-state index in [0.29, 0.717) is 11.3 Å². The zero-order chi connectivity index (χ0) is 12.1. The van der Waals surface area contributed by atoms with Gasteiger partial charge in [-0.1, -0.05) is 0 Å². The molecule has 1 rings (SSSR count). The number of carboxylic acids is 1. The lowest BCUT2D eigenvalue weighted by atomic mass is 10.1. The van der Waals surface area contributed by atoms with Gasteiger partial charge in [0.1, 0.15) is 17.1 Å². The van der Waals surface area contributed by atoms with Crippen LogP contribution in [0.25, 0.3) is 0 Å². The molecule has 0 spiro atoms. The Bertz CT molecular complexity index is 386. The summed E-state index contributed by atoms with van der Waals surface area (Å²) >= 11 is 0. The summed E-state index contributed by atoms with van der Waals surface area (Å²) in [7, 11) is 2.93. The molecule has 0 radical (unpaired) electrons. The molecule has 0 saturated heterocycles. The molecule has 1 N–H and O–H groups in total. The van der Waals surface area contributed by atoms with Gasteiger partial charge >= 0.3 is 5.97 Å². The molecule has 0 aliphatic heterocycles. The van der Waals surface area contributed by atoms with E-state index in [1.54, 1.807) is 13.0 Å². The zero-order valence-electron chi connectivity index (χ0n) is 9.44. The molecule has 0 amide bonds.